The molecule has 4 aromatic rings. The Balaban J connectivity index is 0.00000228. The summed E-state index contributed by atoms with van der Waals surface area (Å²) < 4.78 is 6.05. The van der Waals surface area contributed by atoms with Gasteiger partial charge in [-0.25, -0.2) is 0 Å². The van der Waals surface area contributed by atoms with E-state index in [0.717, 1.165) is 22.6 Å². The van der Waals surface area contributed by atoms with Crippen molar-refractivity contribution < 1.29 is 24.1 Å². The van der Waals surface area contributed by atoms with E-state index in [4.69, 9.17) is 8.31 Å². The fraction of sp³-hybridized carbons (Fsp3) is 0.194. The molecule has 5 heteroatoms. The summed E-state index contributed by atoms with van der Waals surface area (Å²) in [6, 6.07) is 35.9. The number of hydrogen-bond donors (Lipinski definition) is 0. The third-order valence-corrected chi connectivity index (χ3v) is 7.03. The molecule has 0 N–H and O–H groups in total. The molecule has 0 aromatic heterocycles. The molecule has 0 aliphatic heterocycles. The maximum absolute atomic E-state index is 6.05. The quantitative estimate of drug-likeness (QED) is 0.166. The summed E-state index contributed by atoms with van der Waals surface area (Å²) >= 11 is 1.75. The molecule has 36 heavy (non-hydrogen) atoms. The molecule has 2 nitrogen and oxygen atoms in total. The Labute approximate surface area is 239 Å². The molecule has 185 valence electrons. The summed E-state index contributed by atoms with van der Waals surface area (Å²) in [6.45, 7) is 9.08. The van der Waals surface area contributed by atoms with Gasteiger partial charge in [0.25, 0.3) is 0 Å². The smallest absolute Gasteiger partial charge is 0.147 e. The van der Waals surface area contributed by atoms with Gasteiger partial charge in [0, 0.05) is 0 Å². The van der Waals surface area contributed by atoms with E-state index in [2.05, 4.69) is 100 Å². The van der Waals surface area contributed by atoms with Crippen LogP contribution in [-0.2, 0) is 31.7 Å². The molecule has 4 rings (SSSR count). The van der Waals surface area contributed by atoms with Crippen LogP contribution >= 0.6 is 24.8 Å². The molecule has 0 amide bonds. The molecule has 0 radical (unpaired) electrons. The predicted octanol–water partition coefficient (Wildman–Crippen LogP) is 8.77. The Hall–Kier alpha value is -2.36. The van der Waals surface area contributed by atoms with Crippen LogP contribution in [0.5, 0.6) is 5.75 Å². The van der Waals surface area contributed by atoms with Gasteiger partial charge in [0.05, 0.1) is 0 Å². The second kappa shape index (κ2) is 12.7. The molecular formula is C31H32Cl2NOTi. The van der Waals surface area contributed by atoms with Crippen LogP contribution in [0.15, 0.2) is 108 Å². The van der Waals surface area contributed by atoms with E-state index >= 15 is 0 Å². The van der Waals surface area contributed by atoms with Crippen molar-refractivity contribution in [1.29, 1.82) is 0 Å². The number of aliphatic imine (C=N–C) groups is 1. The summed E-state index contributed by atoms with van der Waals surface area (Å²) in [4.78, 5) is 4.77. The van der Waals surface area contributed by atoms with Gasteiger partial charge in [-0.3, -0.25) is 0 Å². The van der Waals surface area contributed by atoms with E-state index in [0.29, 0.717) is 0 Å². The molecule has 0 fully saturated rings. The van der Waals surface area contributed by atoms with Crippen LogP contribution < -0.4 is 3.32 Å². The Kier molecular flexibility index (Phi) is 10.6. The van der Waals surface area contributed by atoms with Crippen molar-refractivity contribution in [2.75, 3.05) is 0 Å². The minimum Gasteiger partial charge on any atom is -0.147 e. The van der Waals surface area contributed by atoms with Crippen LogP contribution in [0, 0.1) is 0 Å². The van der Waals surface area contributed by atoms with Gasteiger partial charge in [0.1, 0.15) is 0 Å². The maximum atomic E-state index is 6.05. The Bertz CT molecular complexity index is 1270. The number of halogens is 2. The van der Waals surface area contributed by atoms with Gasteiger partial charge in [-0.15, -0.1) is 24.8 Å². The monoisotopic (exact) mass is 552 g/mol. The van der Waals surface area contributed by atoms with Gasteiger partial charge < -0.3 is 0 Å². The molecular weight excluding hydrogens is 521 g/mol. The van der Waals surface area contributed by atoms with Gasteiger partial charge >= 0.3 is 216 Å². The third-order valence-electron chi connectivity index (χ3n) is 6.71. The first-order chi connectivity index (χ1) is 16.3. The summed E-state index contributed by atoms with van der Waals surface area (Å²) in [5, 5.41) is 0. The predicted molar refractivity (Wildman–Crippen MR) is 152 cm³/mol. The zero-order valence-electron chi connectivity index (χ0n) is 21.1. The van der Waals surface area contributed by atoms with Gasteiger partial charge in [-0.2, -0.15) is 0 Å². The Morgan fingerprint density at radius 3 is 1.61 bits per heavy atom. The molecule has 0 bridgehead atoms. The first-order valence-corrected chi connectivity index (χ1v) is 12.2. The molecule has 0 spiro atoms. The molecule has 0 saturated carbocycles. The SMILES string of the molecule is CC(C)(c1ccccc1)c1cc(C=Nc2ccccc2)c([O][Ti])c(C(C)(C)c2ccccc2)c1.Cl.Cl. The Morgan fingerprint density at radius 2 is 1.11 bits per heavy atom. The van der Waals surface area contributed by atoms with Crippen molar-refractivity contribution in [3.8, 4) is 5.75 Å². The number of para-hydroxylation sites is 1. The van der Waals surface area contributed by atoms with Crippen molar-refractivity contribution in [3.63, 3.8) is 0 Å². The third kappa shape index (κ3) is 6.31. The standard InChI is InChI=1S/C31H31NO.2ClH.Ti/c1-30(2,24-14-8-5-9-15-24)26-20-23(22-32-27-18-12-7-13-19-27)29(33)28(21-26)31(3,4)25-16-10-6-11-17-25;;;/h5-22,33H,1-4H3;2*1H;/q;;;+1/p-1. The molecule has 4 aromatic carbocycles. The van der Waals surface area contributed by atoms with Crippen LogP contribution in [0.3, 0.4) is 0 Å². The van der Waals surface area contributed by atoms with Crippen molar-refractivity contribution in [2.24, 2.45) is 4.99 Å². The van der Waals surface area contributed by atoms with Crippen molar-refractivity contribution in [3.05, 3.63) is 131 Å². The van der Waals surface area contributed by atoms with E-state index in [1.807, 2.05) is 36.5 Å². The summed E-state index contributed by atoms with van der Waals surface area (Å²) in [5.41, 5.74) is 6.34. The largest absolute Gasteiger partial charge is 0.147 e. The minimum absolute atomic E-state index is 0. The summed E-state index contributed by atoms with van der Waals surface area (Å²) in [6.07, 6.45) is 1.93. The van der Waals surface area contributed by atoms with E-state index in [1.54, 1.807) is 20.8 Å². The van der Waals surface area contributed by atoms with Crippen molar-refractivity contribution in [2.45, 2.75) is 38.5 Å². The van der Waals surface area contributed by atoms with Gasteiger partial charge in [-0.05, 0) is 0 Å². The van der Waals surface area contributed by atoms with E-state index in [1.165, 1.54) is 16.7 Å². The van der Waals surface area contributed by atoms with Crippen LogP contribution in [0.25, 0.3) is 0 Å². The molecule has 0 heterocycles. The summed E-state index contributed by atoms with van der Waals surface area (Å²) in [7, 11) is 0. The van der Waals surface area contributed by atoms with Gasteiger partial charge in [0.15, 0.2) is 0 Å². The first-order valence-electron chi connectivity index (χ1n) is 11.6. The van der Waals surface area contributed by atoms with Gasteiger partial charge in [0.2, 0.25) is 0 Å². The molecule has 0 atom stereocenters. The second-order valence-corrected chi connectivity index (χ2v) is 9.94. The topological polar surface area (TPSA) is 21.6 Å². The van der Waals surface area contributed by atoms with Crippen molar-refractivity contribution in [1.82, 2.24) is 0 Å². The van der Waals surface area contributed by atoms with Crippen LogP contribution in [-0.4, -0.2) is 6.21 Å². The number of rotatable bonds is 7. The molecule has 0 aliphatic rings. The normalized spacial score (nSPS) is 11.4. The minimum atomic E-state index is -0.259. The zero-order valence-corrected chi connectivity index (χ0v) is 24.3. The summed E-state index contributed by atoms with van der Waals surface area (Å²) in [5.74, 6) is 0.862. The molecule has 0 unspecified atom stereocenters. The van der Waals surface area contributed by atoms with Crippen LogP contribution in [0.1, 0.15) is 55.5 Å². The van der Waals surface area contributed by atoms with E-state index < -0.39 is 0 Å². The van der Waals surface area contributed by atoms with Crippen LogP contribution in [0.2, 0.25) is 0 Å². The maximum Gasteiger partial charge on any atom is -0.147 e. The number of benzene rings is 4. The molecule has 0 aliphatic carbocycles. The van der Waals surface area contributed by atoms with Crippen LogP contribution in [0.4, 0.5) is 5.69 Å². The Morgan fingerprint density at radius 1 is 0.639 bits per heavy atom. The molecule has 0 saturated heterocycles. The fourth-order valence-corrected chi connectivity index (χ4v) is 4.73. The van der Waals surface area contributed by atoms with E-state index in [-0.39, 0.29) is 35.6 Å². The number of nitrogens with zero attached hydrogens (tertiary/aromatic N) is 1. The second-order valence-electron chi connectivity index (χ2n) is 9.62. The number of hydrogen-bond acceptors (Lipinski definition) is 2. The van der Waals surface area contributed by atoms with E-state index in [9.17, 15) is 0 Å². The van der Waals surface area contributed by atoms with Gasteiger partial charge in [-0.1, -0.05) is 0 Å². The first kappa shape index (κ1) is 29.9. The average molecular weight is 553 g/mol. The fourth-order valence-electron chi connectivity index (χ4n) is 4.38. The average Bonchev–Trinajstić information content (AvgIpc) is 2.88. The zero-order chi connectivity index (χ0) is 24.2. The van der Waals surface area contributed by atoms with Crippen molar-refractivity contribution >= 4 is 36.7 Å².